The average molecular weight is 424 g/mol. The van der Waals surface area contributed by atoms with Gasteiger partial charge in [-0.05, 0) is 0 Å². The quantitative estimate of drug-likeness (QED) is 0.651. The Hall–Kier alpha value is -2.33. The van der Waals surface area contributed by atoms with Gasteiger partial charge in [-0.25, -0.2) is 8.78 Å². The van der Waals surface area contributed by atoms with Gasteiger partial charge in [0.15, 0.2) is 11.5 Å². The van der Waals surface area contributed by atoms with Crippen molar-refractivity contribution in [3.8, 4) is 17.2 Å². The SMILES string of the molecule is COc1cc(N2CC(C(=O)NCC(F)(F)CN)CC2=O)cc(OC)c1OC.Cl. The van der Waals surface area contributed by atoms with Crippen molar-refractivity contribution in [1.82, 2.24) is 5.32 Å². The Morgan fingerprint density at radius 3 is 2.29 bits per heavy atom. The molecule has 2 amide bonds. The zero-order chi connectivity index (χ0) is 20.2. The second-order valence-corrected chi connectivity index (χ2v) is 6.07. The summed E-state index contributed by atoms with van der Waals surface area (Å²) in [4.78, 5) is 25.9. The van der Waals surface area contributed by atoms with Crippen LogP contribution in [0.3, 0.4) is 0 Å². The molecule has 0 saturated carbocycles. The number of halogens is 3. The summed E-state index contributed by atoms with van der Waals surface area (Å²) in [7, 11) is 4.35. The molecule has 0 spiro atoms. The summed E-state index contributed by atoms with van der Waals surface area (Å²) in [5.74, 6) is -3.78. The minimum Gasteiger partial charge on any atom is -0.493 e. The number of hydrogen-bond acceptors (Lipinski definition) is 6. The van der Waals surface area contributed by atoms with E-state index in [2.05, 4.69) is 5.32 Å². The average Bonchev–Trinajstić information content (AvgIpc) is 3.06. The highest BCUT2D eigenvalue weighted by Gasteiger charge is 2.37. The molecule has 0 aliphatic carbocycles. The van der Waals surface area contributed by atoms with Crippen molar-refractivity contribution in [3.63, 3.8) is 0 Å². The fourth-order valence-corrected chi connectivity index (χ4v) is 2.79. The van der Waals surface area contributed by atoms with Gasteiger partial charge in [-0.15, -0.1) is 12.4 Å². The highest BCUT2D eigenvalue weighted by atomic mass is 35.5. The van der Waals surface area contributed by atoms with Gasteiger partial charge in [-0.1, -0.05) is 0 Å². The summed E-state index contributed by atoms with van der Waals surface area (Å²) >= 11 is 0. The third kappa shape index (κ3) is 5.14. The number of alkyl halides is 2. The van der Waals surface area contributed by atoms with Crippen molar-refractivity contribution in [1.29, 1.82) is 0 Å². The topological polar surface area (TPSA) is 103 Å². The number of rotatable bonds is 8. The van der Waals surface area contributed by atoms with E-state index in [9.17, 15) is 18.4 Å². The number of benzene rings is 1. The number of hydrogen-bond donors (Lipinski definition) is 2. The third-order valence-corrected chi connectivity index (χ3v) is 4.28. The van der Waals surface area contributed by atoms with Crippen LogP contribution in [0, 0.1) is 5.92 Å². The van der Waals surface area contributed by atoms with Crippen LogP contribution in [0.25, 0.3) is 0 Å². The van der Waals surface area contributed by atoms with Gasteiger partial charge in [-0.2, -0.15) is 0 Å². The van der Waals surface area contributed by atoms with E-state index in [0.29, 0.717) is 22.9 Å². The number of methoxy groups -OCH3 is 3. The normalized spacial score (nSPS) is 16.4. The van der Waals surface area contributed by atoms with Gasteiger partial charge < -0.3 is 30.2 Å². The molecule has 1 heterocycles. The monoisotopic (exact) mass is 423 g/mol. The van der Waals surface area contributed by atoms with Gasteiger partial charge in [0, 0.05) is 25.1 Å². The second-order valence-electron chi connectivity index (χ2n) is 6.07. The lowest BCUT2D eigenvalue weighted by Crippen LogP contribution is -2.44. The lowest BCUT2D eigenvalue weighted by atomic mass is 10.1. The Kier molecular flexibility index (Phi) is 8.25. The first kappa shape index (κ1) is 23.7. The maximum atomic E-state index is 13.2. The molecule has 1 aromatic rings. The second kappa shape index (κ2) is 9.74. The maximum Gasteiger partial charge on any atom is 0.277 e. The fourth-order valence-electron chi connectivity index (χ4n) is 2.79. The molecule has 1 saturated heterocycles. The fraction of sp³-hybridized carbons (Fsp3) is 0.529. The largest absolute Gasteiger partial charge is 0.493 e. The minimum atomic E-state index is -3.19. The lowest BCUT2D eigenvalue weighted by molar-refractivity contribution is -0.127. The van der Waals surface area contributed by atoms with E-state index in [0.717, 1.165) is 0 Å². The smallest absolute Gasteiger partial charge is 0.277 e. The molecule has 0 radical (unpaired) electrons. The van der Waals surface area contributed by atoms with E-state index >= 15 is 0 Å². The van der Waals surface area contributed by atoms with Crippen LogP contribution >= 0.6 is 12.4 Å². The lowest BCUT2D eigenvalue weighted by Gasteiger charge is -2.21. The predicted molar refractivity (Wildman–Crippen MR) is 101 cm³/mol. The molecule has 2 rings (SSSR count). The molecule has 1 fully saturated rings. The molecule has 1 unspecified atom stereocenters. The molecular weight excluding hydrogens is 400 g/mol. The summed E-state index contributed by atoms with van der Waals surface area (Å²) in [6.45, 7) is -1.68. The van der Waals surface area contributed by atoms with Crippen LogP contribution in [0.4, 0.5) is 14.5 Å². The Morgan fingerprint density at radius 1 is 1.25 bits per heavy atom. The molecule has 1 atom stereocenters. The van der Waals surface area contributed by atoms with Gasteiger partial charge in [0.25, 0.3) is 5.92 Å². The Labute approximate surface area is 167 Å². The highest BCUT2D eigenvalue weighted by Crippen LogP contribution is 2.42. The van der Waals surface area contributed by atoms with Gasteiger partial charge >= 0.3 is 0 Å². The first-order valence-electron chi connectivity index (χ1n) is 8.22. The number of carbonyl (C=O) groups excluding carboxylic acids is 2. The van der Waals surface area contributed by atoms with Crippen LogP contribution in [0.1, 0.15) is 6.42 Å². The van der Waals surface area contributed by atoms with Gasteiger partial charge in [-0.3, -0.25) is 9.59 Å². The predicted octanol–water partition coefficient (Wildman–Crippen LogP) is 1.20. The number of nitrogens with one attached hydrogen (secondary N) is 1. The highest BCUT2D eigenvalue weighted by molar-refractivity contribution is 6.00. The number of anilines is 1. The number of amides is 2. The van der Waals surface area contributed by atoms with E-state index in [-0.39, 0.29) is 31.3 Å². The molecule has 0 bridgehead atoms. The number of nitrogens with two attached hydrogens (primary N) is 1. The first-order valence-corrected chi connectivity index (χ1v) is 8.22. The van der Waals surface area contributed by atoms with E-state index in [1.807, 2.05) is 0 Å². The number of nitrogens with zero attached hydrogens (tertiary/aromatic N) is 1. The van der Waals surface area contributed by atoms with Crippen LogP contribution in [-0.2, 0) is 9.59 Å². The van der Waals surface area contributed by atoms with Crippen LogP contribution in [0.2, 0.25) is 0 Å². The Balaban J connectivity index is 0.00000392. The van der Waals surface area contributed by atoms with E-state index in [1.54, 1.807) is 12.1 Å². The molecule has 1 aliphatic heterocycles. The zero-order valence-corrected chi connectivity index (χ0v) is 16.6. The van der Waals surface area contributed by atoms with E-state index in [4.69, 9.17) is 19.9 Å². The van der Waals surface area contributed by atoms with Gasteiger partial charge in [0.1, 0.15) is 0 Å². The van der Waals surface area contributed by atoms with Crippen LogP contribution in [-0.4, -0.2) is 58.7 Å². The molecule has 0 aromatic heterocycles. The summed E-state index contributed by atoms with van der Waals surface area (Å²) in [6.07, 6.45) is -0.0866. The summed E-state index contributed by atoms with van der Waals surface area (Å²) in [6, 6.07) is 3.17. The first-order chi connectivity index (χ1) is 12.8. The maximum absolute atomic E-state index is 13.2. The van der Waals surface area contributed by atoms with Crippen LogP contribution in [0.15, 0.2) is 12.1 Å². The third-order valence-electron chi connectivity index (χ3n) is 4.28. The summed E-state index contributed by atoms with van der Waals surface area (Å²) < 4.78 is 42.2. The molecule has 11 heteroatoms. The van der Waals surface area contributed by atoms with Crippen LogP contribution in [0.5, 0.6) is 17.2 Å². The molecular formula is C17H24ClF2N3O5. The summed E-state index contributed by atoms with van der Waals surface area (Å²) in [5.41, 5.74) is 5.40. The van der Waals surface area contributed by atoms with Crippen molar-refractivity contribution < 1.29 is 32.6 Å². The van der Waals surface area contributed by atoms with E-state index < -0.39 is 30.8 Å². The Bertz CT molecular complexity index is 695. The van der Waals surface area contributed by atoms with Crippen molar-refractivity contribution in [2.75, 3.05) is 45.9 Å². The molecule has 158 valence electrons. The van der Waals surface area contributed by atoms with Gasteiger partial charge in [0.2, 0.25) is 17.6 Å². The van der Waals surface area contributed by atoms with Crippen LogP contribution < -0.4 is 30.2 Å². The van der Waals surface area contributed by atoms with Crippen molar-refractivity contribution in [2.24, 2.45) is 11.7 Å². The number of carbonyl (C=O) groups is 2. The van der Waals surface area contributed by atoms with E-state index in [1.165, 1.54) is 26.2 Å². The van der Waals surface area contributed by atoms with Crippen molar-refractivity contribution in [3.05, 3.63) is 12.1 Å². The molecule has 8 nitrogen and oxygen atoms in total. The molecule has 1 aromatic carbocycles. The van der Waals surface area contributed by atoms with Crippen molar-refractivity contribution >= 4 is 29.9 Å². The Morgan fingerprint density at radius 2 is 1.82 bits per heavy atom. The molecule has 28 heavy (non-hydrogen) atoms. The molecule has 1 aliphatic rings. The zero-order valence-electron chi connectivity index (χ0n) is 15.8. The standard InChI is InChI=1S/C17H23F2N3O5.ClH/c1-25-12-5-11(6-13(26-2)15(12)27-3)22-7-10(4-14(22)23)16(24)21-9-17(18,19)8-20;/h5-6,10H,4,7-9,20H2,1-3H3,(H,21,24);1H. The van der Waals surface area contributed by atoms with Gasteiger partial charge in [0.05, 0.1) is 46.0 Å². The number of ether oxygens (including phenoxy) is 3. The molecule has 3 N–H and O–H groups in total. The van der Waals surface area contributed by atoms with Crippen molar-refractivity contribution in [2.45, 2.75) is 12.3 Å². The minimum absolute atomic E-state index is 0. The summed E-state index contributed by atoms with van der Waals surface area (Å²) in [5, 5.41) is 2.15.